The van der Waals surface area contributed by atoms with Crippen LogP contribution in [-0.4, -0.2) is 30.3 Å². The van der Waals surface area contributed by atoms with Gasteiger partial charge >= 0.3 is 0 Å². The second-order valence-corrected chi connectivity index (χ2v) is 8.71. The Morgan fingerprint density at radius 1 is 1.27 bits per heavy atom. The van der Waals surface area contributed by atoms with Crippen molar-refractivity contribution < 1.29 is 9.53 Å². The van der Waals surface area contributed by atoms with E-state index in [0.717, 1.165) is 29.4 Å². The average molecular weight is 369 g/mol. The van der Waals surface area contributed by atoms with Crippen LogP contribution in [0, 0.1) is 11.3 Å². The summed E-state index contributed by atoms with van der Waals surface area (Å²) in [7, 11) is 1.69. The minimum Gasteiger partial charge on any atom is -0.493 e. The molecular formula is C21H24N2O2S. The second kappa shape index (κ2) is 6.54. The van der Waals surface area contributed by atoms with Crippen molar-refractivity contribution in [2.75, 3.05) is 13.7 Å². The quantitative estimate of drug-likeness (QED) is 0.832. The smallest absolute Gasteiger partial charge is 0.228 e. The molecule has 4 rings (SSSR count). The lowest BCUT2D eigenvalue weighted by Crippen LogP contribution is -2.46. The Balaban J connectivity index is 1.55. The van der Waals surface area contributed by atoms with Gasteiger partial charge in [-0.2, -0.15) is 0 Å². The van der Waals surface area contributed by atoms with Crippen LogP contribution >= 0.6 is 11.3 Å². The molecule has 1 aromatic heterocycles. The Labute approximate surface area is 158 Å². The van der Waals surface area contributed by atoms with E-state index in [1.165, 1.54) is 22.6 Å². The number of piperidine rings is 1. The summed E-state index contributed by atoms with van der Waals surface area (Å²) >= 11 is 1.68. The first-order valence-electron chi connectivity index (χ1n) is 9.11. The molecule has 0 unspecified atom stereocenters. The number of thiophene rings is 1. The molecule has 2 aliphatic rings. The van der Waals surface area contributed by atoms with Gasteiger partial charge in [-0.05, 0) is 53.5 Å². The largest absolute Gasteiger partial charge is 0.493 e. The molecule has 1 aromatic carbocycles. The molecule has 4 nitrogen and oxygen atoms in total. The topological polar surface area (TPSA) is 53.4 Å². The zero-order valence-corrected chi connectivity index (χ0v) is 16.1. The Bertz CT molecular complexity index is 835. The molecule has 1 atom stereocenters. The molecule has 2 aromatic rings. The molecule has 1 aliphatic heterocycles. The first-order chi connectivity index (χ1) is 12.4. The minimum absolute atomic E-state index is 0.0224. The maximum Gasteiger partial charge on any atom is 0.228 e. The van der Waals surface area contributed by atoms with Crippen LogP contribution in [0.25, 0.3) is 11.1 Å². The Hall–Kier alpha value is -2.14. The van der Waals surface area contributed by atoms with Crippen molar-refractivity contribution in [1.29, 1.82) is 5.41 Å². The Morgan fingerprint density at radius 2 is 2.08 bits per heavy atom. The van der Waals surface area contributed by atoms with Crippen molar-refractivity contribution in [2.45, 2.75) is 38.0 Å². The minimum atomic E-state index is -0.288. The van der Waals surface area contributed by atoms with E-state index in [2.05, 4.69) is 30.5 Å². The number of nitrogens with one attached hydrogen (secondary N) is 1. The fourth-order valence-electron chi connectivity index (χ4n) is 3.40. The van der Waals surface area contributed by atoms with E-state index in [-0.39, 0.29) is 11.3 Å². The van der Waals surface area contributed by atoms with Gasteiger partial charge in [-0.1, -0.05) is 19.1 Å². The van der Waals surface area contributed by atoms with Crippen molar-refractivity contribution in [3.8, 4) is 16.9 Å². The van der Waals surface area contributed by atoms with E-state index in [4.69, 9.17) is 10.1 Å². The molecule has 2 fully saturated rings. The van der Waals surface area contributed by atoms with Crippen LogP contribution in [0.3, 0.4) is 0 Å². The normalized spacial score (nSPS) is 23.4. The monoisotopic (exact) mass is 368 g/mol. The van der Waals surface area contributed by atoms with Gasteiger partial charge in [0.15, 0.2) is 0 Å². The summed E-state index contributed by atoms with van der Waals surface area (Å²) in [5, 5.41) is 10.3. The van der Waals surface area contributed by atoms with Crippen LogP contribution in [0.1, 0.15) is 37.5 Å². The molecule has 1 aliphatic carbocycles. The standard InChI is InChI=1S/C21H24N2O2S/c1-21(10-19(22)23(2)20(24)11-21)18-9-16(13-26-18)15-4-3-5-17(8-15)25-12-14-6-7-14/h3-5,8-9,13-14,22H,6-7,10-12H2,1-2H3/t21-/m1/s1. The maximum atomic E-state index is 12.2. The molecule has 1 N–H and O–H groups in total. The molecule has 2 heterocycles. The highest BCUT2D eigenvalue weighted by molar-refractivity contribution is 7.10. The highest BCUT2D eigenvalue weighted by Gasteiger charge is 2.39. The van der Waals surface area contributed by atoms with Crippen LogP contribution in [0.15, 0.2) is 35.7 Å². The predicted molar refractivity (Wildman–Crippen MR) is 105 cm³/mol. The second-order valence-electron chi connectivity index (χ2n) is 7.80. The lowest BCUT2D eigenvalue weighted by atomic mass is 9.78. The van der Waals surface area contributed by atoms with E-state index in [9.17, 15) is 4.79 Å². The molecule has 0 bridgehead atoms. The van der Waals surface area contributed by atoms with Gasteiger partial charge in [-0.15, -0.1) is 11.3 Å². The third kappa shape index (κ3) is 3.40. The van der Waals surface area contributed by atoms with Crippen LogP contribution in [0.2, 0.25) is 0 Å². The molecule has 0 radical (unpaired) electrons. The van der Waals surface area contributed by atoms with Gasteiger partial charge in [0.05, 0.1) is 6.61 Å². The fraction of sp³-hybridized carbons (Fsp3) is 0.429. The van der Waals surface area contributed by atoms with Crippen molar-refractivity contribution in [2.24, 2.45) is 5.92 Å². The Morgan fingerprint density at radius 3 is 2.81 bits per heavy atom. The number of amidine groups is 1. The number of hydrogen-bond acceptors (Lipinski definition) is 4. The average Bonchev–Trinajstić information content (AvgIpc) is 3.31. The van der Waals surface area contributed by atoms with Gasteiger partial charge in [-0.25, -0.2) is 0 Å². The van der Waals surface area contributed by atoms with Gasteiger partial charge in [-0.3, -0.25) is 10.2 Å². The summed E-state index contributed by atoms with van der Waals surface area (Å²) in [5.41, 5.74) is 2.00. The number of rotatable bonds is 5. The summed E-state index contributed by atoms with van der Waals surface area (Å²) in [6.07, 6.45) is 3.63. The number of nitrogens with zero attached hydrogens (tertiary/aromatic N) is 1. The van der Waals surface area contributed by atoms with Crippen LogP contribution in [-0.2, 0) is 10.2 Å². The highest BCUT2D eigenvalue weighted by Crippen LogP contribution is 2.41. The fourth-order valence-corrected chi connectivity index (χ4v) is 4.48. The third-order valence-corrected chi connectivity index (χ3v) is 6.66. The Kier molecular flexibility index (Phi) is 4.35. The predicted octanol–water partition coefficient (Wildman–Crippen LogP) is 4.69. The number of likely N-dealkylation sites (tertiary alicyclic amines) is 1. The van der Waals surface area contributed by atoms with Crippen LogP contribution < -0.4 is 4.74 Å². The van der Waals surface area contributed by atoms with Crippen LogP contribution in [0.5, 0.6) is 5.75 Å². The van der Waals surface area contributed by atoms with Crippen molar-refractivity contribution in [3.05, 3.63) is 40.6 Å². The maximum absolute atomic E-state index is 12.2. The van der Waals surface area contributed by atoms with Gasteiger partial charge in [0.25, 0.3) is 0 Å². The number of amides is 1. The lowest BCUT2D eigenvalue weighted by Gasteiger charge is -2.36. The first-order valence-corrected chi connectivity index (χ1v) is 9.99. The van der Waals surface area contributed by atoms with E-state index in [0.29, 0.717) is 18.7 Å². The van der Waals surface area contributed by atoms with E-state index < -0.39 is 0 Å². The zero-order valence-electron chi connectivity index (χ0n) is 15.2. The molecule has 1 saturated carbocycles. The molecular weight excluding hydrogens is 344 g/mol. The van der Waals surface area contributed by atoms with Crippen LogP contribution in [0.4, 0.5) is 0 Å². The van der Waals surface area contributed by atoms with Crippen molar-refractivity contribution in [3.63, 3.8) is 0 Å². The van der Waals surface area contributed by atoms with Crippen molar-refractivity contribution in [1.82, 2.24) is 4.90 Å². The molecule has 1 saturated heterocycles. The molecule has 0 spiro atoms. The zero-order chi connectivity index (χ0) is 18.3. The summed E-state index contributed by atoms with van der Waals surface area (Å²) in [4.78, 5) is 14.9. The van der Waals surface area contributed by atoms with Gasteiger partial charge in [0.1, 0.15) is 11.6 Å². The summed E-state index contributed by atoms with van der Waals surface area (Å²) in [6.45, 7) is 2.91. The third-order valence-electron chi connectivity index (χ3n) is 5.42. The van der Waals surface area contributed by atoms with Gasteiger partial charge < -0.3 is 9.64 Å². The van der Waals surface area contributed by atoms with E-state index >= 15 is 0 Å². The number of hydrogen-bond donors (Lipinski definition) is 1. The number of carbonyl (C=O) groups excluding carboxylic acids is 1. The molecule has 136 valence electrons. The highest BCUT2D eigenvalue weighted by atomic mass is 32.1. The molecule has 26 heavy (non-hydrogen) atoms. The lowest BCUT2D eigenvalue weighted by molar-refractivity contribution is -0.128. The number of benzene rings is 1. The summed E-state index contributed by atoms with van der Waals surface area (Å²) in [6, 6.07) is 10.4. The van der Waals surface area contributed by atoms with E-state index in [1.54, 1.807) is 18.4 Å². The molecule has 1 amide bonds. The SMILES string of the molecule is CN1C(=N)C[C@@](C)(c2cc(-c3cccc(OCC4CC4)c3)cs2)CC1=O. The summed E-state index contributed by atoms with van der Waals surface area (Å²) in [5.74, 6) is 2.08. The number of ether oxygens (including phenoxy) is 1. The van der Waals surface area contributed by atoms with E-state index in [1.807, 2.05) is 12.1 Å². The van der Waals surface area contributed by atoms with Gasteiger partial charge in [0, 0.05) is 30.2 Å². The van der Waals surface area contributed by atoms with Crippen molar-refractivity contribution >= 4 is 23.1 Å². The van der Waals surface area contributed by atoms with Gasteiger partial charge in [0.2, 0.25) is 5.91 Å². The first kappa shape index (κ1) is 17.3. The number of carbonyl (C=O) groups is 1. The summed E-state index contributed by atoms with van der Waals surface area (Å²) < 4.78 is 5.90. The molecule has 5 heteroatoms.